The highest BCUT2D eigenvalue weighted by Crippen LogP contribution is 2.30. The van der Waals surface area contributed by atoms with Gasteiger partial charge in [-0.25, -0.2) is 4.57 Å². The summed E-state index contributed by atoms with van der Waals surface area (Å²) >= 11 is 1.23. The molecule has 0 spiro atoms. The third-order valence-electron chi connectivity index (χ3n) is 3.04. The second-order valence-electron chi connectivity index (χ2n) is 4.41. The van der Waals surface area contributed by atoms with E-state index in [0.717, 1.165) is 0 Å². The van der Waals surface area contributed by atoms with Crippen molar-refractivity contribution in [2.75, 3.05) is 12.4 Å². The maximum atomic E-state index is 12.2. The van der Waals surface area contributed by atoms with Crippen molar-refractivity contribution in [2.45, 2.75) is 16.8 Å². The average Bonchev–Trinajstić information content (AvgIpc) is 2.97. The molecule has 1 aromatic heterocycles. The van der Waals surface area contributed by atoms with E-state index < -0.39 is 5.25 Å². The van der Waals surface area contributed by atoms with Gasteiger partial charge in [0.05, 0.1) is 7.11 Å². The Morgan fingerprint density at radius 3 is 2.90 bits per heavy atom. The largest absolute Gasteiger partial charge is 0.497 e. The van der Waals surface area contributed by atoms with Crippen LogP contribution in [0, 0.1) is 0 Å². The molecule has 0 fully saturated rings. The highest BCUT2D eigenvalue weighted by atomic mass is 32.2. The first-order chi connectivity index (χ1) is 10.2. The van der Waals surface area contributed by atoms with Gasteiger partial charge in [0.2, 0.25) is 11.8 Å². The molecule has 0 saturated heterocycles. The minimum absolute atomic E-state index is 0.123. The summed E-state index contributed by atoms with van der Waals surface area (Å²) in [6.07, 6.45) is 1.49. The van der Waals surface area contributed by atoms with E-state index in [1.165, 1.54) is 22.7 Å². The minimum atomic E-state index is -0.503. The number of carbonyl (C=O) groups excluding carboxylic acids is 2. The number of ether oxygens (including phenoxy) is 1. The molecule has 1 aromatic carbocycles. The van der Waals surface area contributed by atoms with E-state index in [4.69, 9.17) is 4.74 Å². The molecule has 8 heteroatoms. The summed E-state index contributed by atoms with van der Waals surface area (Å²) in [6, 6.07) is 7.00. The summed E-state index contributed by atoms with van der Waals surface area (Å²) in [5.74, 6) is 0.305. The van der Waals surface area contributed by atoms with Crippen LogP contribution in [0.25, 0.3) is 0 Å². The lowest BCUT2D eigenvalue weighted by Gasteiger charge is -2.20. The Morgan fingerprint density at radius 2 is 2.19 bits per heavy atom. The number of benzene rings is 1. The summed E-state index contributed by atoms with van der Waals surface area (Å²) in [6.45, 7) is 0. The summed E-state index contributed by atoms with van der Waals surface area (Å²) in [5.41, 5.74) is 0.654. The minimum Gasteiger partial charge on any atom is -0.497 e. The molecule has 1 aliphatic heterocycles. The number of methoxy groups -OCH3 is 1. The maximum Gasteiger partial charge on any atom is 0.238 e. The molecule has 1 amide bonds. The van der Waals surface area contributed by atoms with E-state index in [2.05, 4.69) is 15.5 Å². The predicted octanol–water partition coefficient (Wildman–Crippen LogP) is 1.43. The van der Waals surface area contributed by atoms with Crippen LogP contribution in [0.3, 0.4) is 0 Å². The molecule has 21 heavy (non-hydrogen) atoms. The Kier molecular flexibility index (Phi) is 3.61. The van der Waals surface area contributed by atoms with E-state index in [1.807, 2.05) is 0 Å². The van der Waals surface area contributed by atoms with Gasteiger partial charge in [-0.1, -0.05) is 11.8 Å². The summed E-state index contributed by atoms with van der Waals surface area (Å²) in [4.78, 5) is 24.1. The number of aromatic nitrogens is 3. The predicted molar refractivity (Wildman–Crippen MR) is 76.5 cm³/mol. The number of amides is 1. The van der Waals surface area contributed by atoms with E-state index >= 15 is 0 Å². The molecule has 7 nitrogen and oxygen atoms in total. The van der Waals surface area contributed by atoms with Gasteiger partial charge in [0, 0.05) is 12.1 Å². The Hall–Kier alpha value is -2.35. The lowest BCUT2D eigenvalue weighted by Crippen LogP contribution is -2.32. The number of anilines is 1. The third-order valence-corrected chi connectivity index (χ3v) is 4.20. The van der Waals surface area contributed by atoms with Crippen molar-refractivity contribution in [1.82, 2.24) is 14.8 Å². The Balaban J connectivity index is 1.70. The van der Waals surface area contributed by atoms with E-state index in [0.29, 0.717) is 16.6 Å². The third kappa shape index (κ3) is 2.75. The number of rotatable bonds is 3. The van der Waals surface area contributed by atoms with Crippen molar-refractivity contribution < 1.29 is 14.3 Å². The first-order valence-corrected chi connectivity index (χ1v) is 7.10. The van der Waals surface area contributed by atoms with Crippen LogP contribution in [-0.4, -0.2) is 38.9 Å². The summed E-state index contributed by atoms with van der Waals surface area (Å²) in [5, 5.41) is 10.2. The fraction of sp³-hybridized carbons (Fsp3) is 0.231. The number of fused-ring (bicyclic) bond motifs is 1. The molecule has 0 saturated carbocycles. The zero-order valence-corrected chi connectivity index (χ0v) is 12.0. The van der Waals surface area contributed by atoms with Gasteiger partial charge in [0.25, 0.3) is 0 Å². The second-order valence-corrected chi connectivity index (χ2v) is 5.58. The highest BCUT2D eigenvalue weighted by molar-refractivity contribution is 8.00. The first-order valence-electron chi connectivity index (χ1n) is 6.22. The van der Waals surface area contributed by atoms with Crippen LogP contribution in [0.5, 0.6) is 5.75 Å². The molecule has 1 aliphatic rings. The molecule has 3 rings (SSSR count). The SMILES string of the molecule is COc1ccc(NC(=O)[C@@H]2CC(=O)n3cnnc3S2)cc1. The Bertz CT molecular complexity index is 683. The molecular weight excluding hydrogens is 292 g/mol. The lowest BCUT2D eigenvalue weighted by molar-refractivity contribution is -0.115. The second kappa shape index (κ2) is 5.57. The van der Waals surface area contributed by atoms with Gasteiger partial charge in [0.1, 0.15) is 17.3 Å². The van der Waals surface area contributed by atoms with Crippen LogP contribution in [0.15, 0.2) is 35.7 Å². The standard InChI is InChI=1S/C13H12N4O3S/c1-20-9-4-2-8(3-5-9)15-12(19)10-6-11(18)17-7-14-16-13(17)21-10/h2-5,7,10H,6H2,1H3,(H,15,19)/t10-/m0/s1. The van der Waals surface area contributed by atoms with Gasteiger partial charge >= 0.3 is 0 Å². The van der Waals surface area contributed by atoms with Crippen molar-refractivity contribution in [3.63, 3.8) is 0 Å². The molecule has 1 N–H and O–H groups in total. The van der Waals surface area contributed by atoms with E-state index in [-0.39, 0.29) is 18.2 Å². The molecule has 108 valence electrons. The monoisotopic (exact) mass is 304 g/mol. The average molecular weight is 304 g/mol. The topological polar surface area (TPSA) is 86.1 Å². The van der Waals surface area contributed by atoms with Crippen LogP contribution in [0.1, 0.15) is 11.2 Å². The number of hydrogen-bond donors (Lipinski definition) is 1. The molecule has 2 aromatic rings. The Labute approximate surface area is 124 Å². The van der Waals surface area contributed by atoms with Gasteiger partial charge in [0.15, 0.2) is 5.16 Å². The van der Waals surface area contributed by atoms with Crippen molar-refractivity contribution in [3.8, 4) is 5.75 Å². The molecular formula is C13H12N4O3S. The number of hydrogen-bond acceptors (Lipinski definition) is 6. The molecule has 0 bridgehead atoms. The number of nitrogens with one attached hydrogen (secondary N) is 1. The van der Waals surface area contributed by atoms with E-state index in [1.54, 1.807) is 31.4 Å². The lowest BCUT2D eigenvalue weighted by atomic mass is 10.2. The number of carbonyl (C=O) groups is 2. The molecule has 1 atom stereocenters. The fourth-order valence-electron chi connectivity index (χ4n) is 1.95. The highest BCUT2D eigenvalue weighted by Gasteiger charge is 2.31. The van der Waals surface area contributed by atoms with Gasteiger partial charge in [-0.05, 0) is 24.3 Å². The van der Waals surface area contributed by atoms with Crippen LogP contribution in [0.2, 0.25) is 0 Å². The van der Waals surface area contributed by atoms with Crippen LogP contribution >= 0.6 is 11.8 Å². The number of nitrogens with zero attached hydrogens (tertiary/aromatic N) is 3. The first kappa shape index (κ1) is 13.6. The van der Waals surface area contributed by atoms with E-state index in [9.17, 15) is 9.59 Å². The van der Waals surface area contributed by atoms with Crippen LogP contribution < -0.4 is 10.1 Å². The molecule has 2 heterocycles. The normalized spacial score (nSPS) is 17.2. The molecule has 0 unspecified atom stereocenters. The molecule has 0 aliphatic carbocycles. The smallest absolute Gasteiger partial charge is 0.238 e. The van der Waals surface area contributed by atoms with Gasteiger partial charge in [-0.2, -0.15) is 0 Å². The van der Waals surface area contributed by atoms with Gasteiger partial charge in [-0.15, -0.1) is 10.2 Å². The van der Waals surface area contributed by atoms with Crippen molar-refractivity contribution in [1.29, 1.82) is 0 Å². The van der Waals surface area contributed by atoms with Crippen molar-refractivity contribution in [2.24, 2.45) is 0 Å². The van der Waals surface area contributed by atoms with Crippen molar-refractivity contribution in [3.05, 3.63) is 30.6 Å². The summed E-state index contributed by atoms with van der Waals surface area (Å²) in [7, 11) is 1.58. The summed E-state index contributed by atoms with van der Waals surface area (Å²) < 4.78 is 6.42. The Morgan fingerprint density at radius 1 is 1.43 bits per heavy atom. The van der Waals surface area contributed by atoms with Crippen molar-refractivity contribution >= 4 is 29.3 Å². The fourth-order valence-corrected chi connectivity index (χ4v) is 2.95. The van der Waals surface area contributed by atoms with Crippen LogP contribution in [0.4, 0.5) is 5.69 Å². The van der Waals surface area contributed by atoms with Gasteiger partial charge < -0.3 is 10.1 Å². The zero-order valence-electron chi connectivity index (χ0n) is 11.1. The quantitative estimate of drug-likeness (QED) is 0.923. The van der Waals surface area contributed by atoms with Crippen LogP contribution in [-0.2, 0) is 4.79 Å². The zero-order chi connectivity index (χ0) is 14.8. The number of thioether (sulfide) groups is 1. The maximum absolute atomic E-state index is 12.2. The van der Waals surface area contributed by atoms with Gasteiger partial charge in [-0.3, -0.25) is 9.59 Å². The molecule has 0 radical (unpaired) electrons.